The van der Waals surface area contributed by atoms with Gasteiger partial charge in [-0.15, -0.1) is 0 Å². The Morgan fingerprint density at radius 1 is 1.07 bits per heavy atom. The van der Waals surface area contributed by atoms with Crippen LogP contribution in [0.2, 0.25) is 0 Å². The molecule has 0 radical (unpaired) electrons. The van der Waals surface area contributed by atoms with Crippen LogP contribution in [0.3, 0.4) is 0 Å². The molecule has 1 aliphatic rings. The molecule has 7 nitrogen and oxygen atoms in total. The Hall–Kier alpha value is -4.01. The molecule has 206 valence electrons. The van der Waals surface area contributed by atoms with Gasteiger partial charge in [0, 0.05) is 41.8 Å². The number of hydrogen-bond donors (Lipinski definition) is 2. The molecule has 4 aromatic rings. The Balaban J connectivity index is 1.62. The van der Waals surface area contributed by atoms with Gasteiger partial charge in [-0.3, -0.25) is 9.78 Å². The van der Waals surface area contributed by atoms with E-state index in [0.717, 1.165) is 29.1 Å². The lowest BCUT2D eigenvalue weighted by atomic mass is 9.96. The molecule has 1 saturated heterocycles. The van der Waals surface area contributed by atoms with E-state index in [-0.39, 0.29) is 24.6 Å². The third kappa shape index (κ3) is 5.12. The van der Waals surface area contributed by atoms with E-state index in [2.05, 4.69) is 77.3 Å². The van der Waals surface area contributed by atoms with Crippen LogP contribution in [0, 0.1) is 20.8 Å². The average molecular weight is 554 g/mol. The molecular formula is C32H35N5O2S. The van der Waals surface area contributed by atoms with E-state index in [4.69, 9.17) is 21.9 Å². The molecule has 1 fully saturated rings. The van der Waals surface area contributed by atoms with Crippen molar-refractivity contribution < 1.29 is 9.53 Å². The van der Waals surface area contributed by atoms with Crippen molar-refractivity contribution in [2.45, 2.75) is 46.2 Å². The number of pyridine rings is 1. The summed E-state index contributed by atoms with van der Waals surface area (Å²) in [6.45, 7) is 8.52. The molecule has 0 aliphatic carbocycles. The maximum Gasteiger partial charge on any atom is 0.250 e. The zero-order valence-electron chi connectivity index (χ0n) is 23.6. The molecule has 8 heteroatoms. The second-order valence-electron chi connectivity index (χ2n) is 10.1. The Bertz CT molecular complexity index is 1550. The van der Waals surface area contributed by atoms with Crippen LogP contribution in [0.5, 0.6) is 0 Å². The van der Waals surface area contributed by atoms with Gasteiger partial charge in [0.2, 0.25) is 5.91 Å². The molecule has 1 aliphatic heterocycles. The van der Waals surface area contributed by atoms with Crippen LogP contribution in [-0.4, -0.2) is 34.3 Å². The summed E-state index contributed by atoms with van der Waals surface area (Å²) in [7, 11) is 1.51. The minimum atomic E-state index is -0.190. The first kappa shape index (κ1) is 27.6. The lowest BCUT2D eigenvalue weighted by Crippen LogP contribution is -2.29. The van der Waals surface area contributed by atoms with Gasteiger partial charge in [-0.25, -0.2) is 0 Å². The summed E-state index contributed by atoms with van der Waals surface area (Å²) in [5.41, 5.74) is 9.57. The van der Waals surface area contributed by atoms with Crippen molar-refractivity contribution in [2.75, 3.05) is 23.9 Å². The van der Waals surface area contributed by atoms with Gasteiger partial charge in [0.1, 0.15) is 6.61 Å². The number of nitrogens with zero attached hydrogens (tertiary/aromatic N) is 3. The van der Waals surface area contributed by atoms with Gasteiger partial charge in [-0.05, 0) is 98.6 Å². The van der Waals surface area contributed by atoms with Gasteiger partial charge in [0.25, 0.3) is 0 Å². The van der Waals surface area contributed by atoms with Crippen molar-refractivity contribution >= 4 is 34.6 Å². The van der Waals surface area contributed by atoms with Crippen LogP contribution in [0.1, 0.15) is 52.8 Å². The van der Waals surface area contributed by atoms with Crippen molar-refractivity contribution in [3.8, 4) is 5.69 Å². The topological polar surface area (TPSA) is 71.4 Å². The predicted octanol–water partition coefficient (Wildman–Crippen LogP) is 6.12. The molecule has 0 spiro atoms. The molecular weight excluding hydrogens is 518 g/mol. The molecule has 0 bridgehead atoms. The first-order valence-electron chi connectivity index (χ1n) is 13.5. The number of benzene rings is 2. The molecule has 2 aromatic carbocycles. The minimum absolute atomic E-state index is 0.00588. The van der Waals surface area contributed by atoms with Crippen molar-refractivity contribution in [3.63, 3.8) is 0 Å². The van der Waals surface area contributed by atoms with Crippen molar-refractivity contribution in [1.82, 2.24) is 14.9 Å². The van der Waals surface area contributed by atoms with E-state index in [1.807, 2.05) is 43.5 Å². The number of amides is 1. The van der Waals surface area contributed by atoms with Crippen LogP contribution in [0.25, 0.3) is 5.69 Å². The van der Waals surface area contributed by atoms with Gasteiger partial charge in [0.15, 0.2) is 5.11 Å². The summed E-state index contributed by atoms with van der Waals surface area (Å²) in [5.74, 6) is -0.190. The Labute approximate surface area is 241 Å². The number of ether oxygens (including phenoxy) is 1. The van der Waals surface area contributed by atoms with Crippen LogP contribution in [-0.2, 0) is 16.0 Å². The normalized spacial score (nSPS) is 16.7. The predicted molar refractivity (Wildman–Crippen MR) is 164 cm³/mol. The number of hydrogen-bond acceptors (Lipinski definition) is 4. The fourth-order valence-electron chi connectivity index (χ4n) is 5.69. The van der Waals surface area contributed by atoms with E-state index in [0.29, 0.717) is 5.11 Å². The summed E-state index contributed by atoms with van der Waals surface area (Å²) in [5, 5.41) is 7.12. The van der Waals surface area contributed by atoms with Crippen LogP contribution in [0.15, 0.2) is 72.9 Å². The molecule has 0 saturated carbocycles. The van der Waals surface area contributed by atoms with E-state index >= 15 is 0 Å². The zero-order valence-corrected chi connectivity index (χ0v) is 24.4. The molecule has 2 unspecified atom stereocenters. The van der Waals surface area contributed by atoms with E-state index in [9.17, 15) is 4.79 Å². The van der Waals surface area contributed by atoms with Gasteiger partial charge in [-0.2, -0.15) is 0 Å². The summed E-state index contributed by atoms with van der Waals surface area (Å²) in [6.07, 6.45) is 2.77. The quantitative estimate of drug-likeness (QED) is 0.256. The van der Waals surface area contributed by atoms with Crippen molar-refractivity contribution in [2.24, 2.45) is 0 Å². The van der Waals surface area contributed by atoms with Gasteiger partial charge in [0.05, 0.1) is 17.8 Å². The first-order valence-corrected chi connectivity index (χ1v) is 13.9. The number of anilines is 2. The minimum Gasteiger partial charge on any atom is -0.375 e. The Kier molecular flexibility index (Phi) is 8.00. The highest BCUT2D eigenvalue weighted by Gasteiger charge is 2.42. The SMILES string of the molecule is CCc1ccccc1-n1c(C)cc(C2C(c3ccccn3)NC(=S)N2c2ccc(NC(=O)COC)c(C)c2)c1C. The summed E-state index contributed by atoms with van der Waals surface area (Å²) in [6, 6.07) is 22.5. The second-order valence-corrected chi connectivity index (χ2v) is 10.5. The summed E-state index contributed by atoms with van der Waals surface area (Å²) < 4.78 is 7.32. The number of rotatable bonds is 8. The maximum absolute atomic E-state index is 12.1. The van der Waals surface area contributed by atoms with E-state index in [1.165, 1.54) is 35.3 Å². The monoisotopic (exact) mass is 553 g/mol. The lowest BCUT2D eigenvalue weighted by molar-refractivity contribution is -0.119. The average Bonchev–Trinajstić information content (AvgIpc) is 3.45. The highest BCUT2D eigenvalue weighted by Crippen LogP contribution is 2.44. The number of aryl methyl sites for hydroxylation is 3. The molecule has 1 amide bonds. The third-order valence-electron chi connectivity index (χ3n) is 7.54. The second kappa shape index (κ2) is 11.6. The van der Waals surface area contributed by atoms with Crippen LogP contribution < -0.4 is 15.5 Å². The lowest BCUT2D eigenvalue weighted by Gasteiger charge is -2.29. The van der Waals surface area contributed by atoms with Gasteiger partial charge < -0.3 is 24.8 Å². The summed E-state index contributed by atoms with van der Waals surface area (Å²) >= 11 is 5.97. The number of carbonyl (C=O) groups excluding carboxylic acids is 1. The molecule has 40 heavy (non-hydrogen) atoms. The number of carbonyl (C=O) groups is 1. The smallest absolute Gasteiger partial charge is 0.250 e. The Morgan fingerprint density at radius 3 is 2.55 bits per heavy atom. The fourth-order valence-corrected chi connectivity index (χ4v) is 6.04. The van der Waals surface area contributed by atoms with E-state index in [1.54, 1.807) is 0 Å². The molecule has 3 heterocycles. The molecule has 5 rings (SSSR count). The highest BCUT2D eigenvalue weighted by atomic mass is 32.1. The molecule has 2 aromatic heterocycles. The molecule has 2 N–H and O–H groups in total. The van der Waals surface area contributed by atoms with E-state index < -0.39 is 0 Å². The first-order chi connectivity index (χ1) is 19.3. The van der Waals surface area contributed by atoms with Crippen LogP contribution >= 0.6 is 12.2 Å². The number of nitrogens with one attached hydrogen (secondary N) is 2. The number of thiocarbonyl (C=S) groups is 1. The summed E-state index contributed by atoms with van der Waals surface area (Å²) in [4.78, 5) is 19.0. The van der Waals surface area contributed by atoms with Gasteiger partial charge >= 0.3 is 0 Å². The Morgan fingerprint density at radius 2 is 1.85 bits per heavy atom. The standard InChI is InChI=1S/C32H35N5O2S/c1-6-23-11-7-8-13-28(23)36-21(3)18-25(22(36)4)31-30(27-12-9-10-16-33-27)35-32(40)37(31)24-14-15-26(20(2)17-24)34-29(38)19-39-5/h7-18,30-31H,6,19H2,1-5H3,(H,34,38)(H,35,40). The van der Waals surface area contributed by atoms with Gasteiger partial charge in [-0.1, -0.05) is 31.2 Å². The number of methoxy groups -OCH3 is 1. The fraction of sp³-hybridized carbons (Fsp3) is 0.281. The highest BCUT2D eigenvalue weighted by molar-refractivity contribution is 7.80. The maximum atomic E-state index is 12.1. The third-order valence-corrected chi connectivity index (χ3v) is 7.85. The van der Waals surface area contributed by atoms with Crippen molar-refractivity contribution in [1.29, 1.82) is 0 Å². The van der Waals surface area contributed by atoms with Crippen molar-refractivity contribution in [3.05, 3.63) is 107 Å². The number of para-hydroxylation sites is 1. The zero-order chi connectivity index (χ0) is 28.4. The molecule has 2 atom stereocenters. The van der Waals surface area contributed by atoms with Crippen LogP contribution in [0.4, 0.5) is 11.4 Å². The number of aromatic nitrogens is 2. The largest absolute Gasteiger partial charge is 0.375 e.